The topological polar surface area (TPSA) is 41.1 Å². The normalized spacial score (nSPS) is 28.3. The van der Waals surface area contributed by atoms with Crippen LogP contribution < -0.4 is 10.2 Å². The summed E-state index contributed by atoms with van der Waals surface area (Å²) in [5.74, 6) is 0.860. The highest BCUT2D eigenvalue weighted by Crippen LogP contribution is 2.41. The Morgan fingerprint density at radius 1 is 1.53 bits per heavy atom. The van der Waals surface area contributed by atoms with Crippen LogP contribution in [0.3, 0.4) is 0 Å². The van der Waals surface area contributed by atoms with Crippen molar-refractivity contribution in [2.75, 3.05) is 23.3 Å². The molecule has 0 aromatic carbocycles. The summed E-state index contributed by atoms with van der Waals surface area (Å²) in [6, 6.07) is 1.90. The van der Waals surface area contributed by atoms with Crippen LogP contribution in [0, 0.1) is 0 Å². The fraction of sp³-hybridized carbons (Fsp3) is 0.600. The van der Waals surface area contributed by atoms with Crippen LogP contribution in [0.2, 0.25) is 5.15 Å². The van der Waals surface area contributed by atoms with Gasteiger partial charge < -0.3 is 10.2 Å². The third-order valence-corrected chi connectivity index (χ3v) is 3.60. The maximum Gasteiger partial charge on any atom is 0.172 e. The van der Waals surface area contributed by atoms with Crippen molar-refractivity contribution in [3.8, 4) is 0 Å². The molecule has 15 heavy (non-hydrogen) atoms. The van der Waals surface area contributed by atoms with Gasteiger partial charge in [-0.3, -0.25) is 0 Å². The maximum atomic E-state index is 5.88. The number of halogens is 1. The van der Waals surface area contributed by atoms with E-state index in [4.69, 9.17) is 11.6 Å². The molecule has 1 aromatic rings. The predicted octanol–water partition coefficient (Wildman–Crippen LogP) is 1.91. The molecule has 1 N–H and O–H groups in total. The fourth-order valence-electron chi connectivity index (χ4n) is 2.58. The van der Waals surface area contributed by atoms with Gasteiger partial charge in [0.05, 0.1) is 11.2 Å². The molecule has 3 rings (SSSR count). The molecular formula is C10H13ClN4. The maximum absolute atomic E-state index is 5.88. The molecule has 0 radical (unpaired) electrons. The first-order valence-electron chi connectivity index (χ1n) is 5.24. The van der Waals surface area contributed by atoms with Crippen molar-refractivity contribution in [1.29, 1.82) is 0 Å². The highest BCUT2D eigenvalue weighted by atomic mass is 35.5. The molecule has 1 fully saturated rings. The van der Waals surface area contributed by atoms with Crippen molar-refractivity contribution in [1.82, 2.24) is 10.2 Å². The van der Waals surface area contributed by atoms with Gasteiger partial charge in [0.25, 0.3) is 0 Å². The van der Waals surface area contributed by atoms with Crippen LogP contribution >= 0.6 is 11.6 Å². The Balaban J connectivity index is 2.11. The number of nitrogens with zero attached hydrogens (tertiary/aromatic N) is 3. The third kappa shape index (κ3) is 1.28. The van der Waals surface area contributed by atoms with E-state index in [9.17, 15) is 0 Å². The molecule has 0 spiro atoms. The zero-order chi connectivity index (χ0) is 10.5. The second-order valence-corrected chi connectivity index (χ2v) is 4.89. The van der Waals surface area contributed by atoms with Gasteiger partial charge in [0.2, 0.25) is 0 Å². The van der Waals surface area contributed by atoms with Gasteiger partial charge in [0, 0.05) is 19.2 Å². The molecule has 0 amide bonds. The molecule has 1 unspecified atom stereocenters. The lowest BCUT2D eigenvalue weighted by Gasteiger charge is -2.41. The molecule has 0 bridgehead atoms. The summed E-state index contributed by atoms with van der Waals surface area (Å²) < 4.78 is 0. The van der Waals surface area contributed by atoms with E-state index in [-0.39, 0.29) is 5.54 Å². The average molecular weight is 225 g/mol. The summed E-state index contributed by atoms with van der Waals surface area (Å²) in [6.07, 6.45) is 2.46. The van der Waals surface area contributed by atoms with E-state index >= 15 is 0 Å². The van der Waals surface area contributed by atoms with Crippen molar-refractivity contribution in [2.45, 2.75) is 25.3 Å². The first-order valence-corrected chi connectivity index (χ1v) is 5.62. The third-order valence-electron chi connectivity index (χ3n) is 3.42. The van der Waals surface area contributed by atoms with Gasteiger partial charge in [-0.25, -0.2) is 0 Å². The number of anilines is 2. The van der Waals surface area contributed by atoms with E-state index in [1.807, 2.05) is 6.07 Å². The number of hydrogen-bond acceptors (Lipinski definition) is 4. The van der Waals surface area contributed by atoms with Crippen molar-refractivity contribution >= 4 is 23.1 Å². The Labute approximate surface area is 93.6 Å². The second-order valence-electron chi connectivity index (χ2n) is 4.51. The Bertz CT molecular complexity index is 408. The quantitative estimate of drug-likeness (QED) is 0.731. The van der Waals surface area contributed by atoms with Crippen molar-refractivity contribution < 1.29 is 0 Å². The van der Waals surface area contributed by atoms with Gasteiger partial charge in [0.15, 0.2) is 11.0 Å². The van der Waals surface area contributed by atoms with E-state index in [1.54, 1.807) is 0 Å². The fourth-order valence-corrected chi connectivity index (χ4v) is 2.72. The monoisotopic (exact) mass is 224 g/mol. The van der Waals surface area contributed by atoms with Crippen LogP contribution in [-0.2, 0) is 0 Å². The highest BCUT2D eigenvalue weighted by molar-refractivity contribution is 6.29. The molecule has 4 nitrogen and oxygen atoms in total. The van der Waals surface area contributed by atoms with Gasteiger partial charge in [-0.1, -0.05) is 11.6 Å². The van der Waals surface area contributed by atoms with Crippen LogP contribution in [0.1, 0.15) is 19.8 Å². The second kappa shape index (κ2) is 2.98. The average Bonchev–Trinajstić information content (AvgIpc) is 2.60. The van der Waals surface area contributed by atoms with E-state index in [1.165, 1.54) is 12.8 Å². The number of fused-ring (bicyclic) bond motifs is 3. The Hall–Kier alpha value is -1.03. The number of hydrogen-bond donors (Lipinski definition) is 1. The van der Waals surface area contributed by atoms with Gasteiger partial charge in [-0.15, -0.1) is 10.2 Å². The SMILES string of the molecule is CC12CCCN1c1cc(Cl)nnc1NC2. The van der Waals surface area contributed by atoms with Crippen LogP contribution in [0.25, 0.3) is 0 Å². The standard InChI is InChI=1S/C10H13ClN4/c1-10-3-2-4-15(10)7-5-8(11)13-14-9(7)12-6-10/h5H,2-4,6H2,1H3,(H,12,14). The Kier molecular flexibility index (Phi) is 1.83. The number of rotatable bonds is 0. The summed E-state index contributed by atoms with van der Waals surface area (Å²) in [7, 11) is 0. The van der Waals surface area contributed by atoms with Crippen molar-refractivity contribution in [2.24, 2.45) is 0 Å². The highest BCUT2D eigenvalue weighted by Gasteiger charge is 2.41. The van der Waals surface area contributed by atoms with Gasteiger partial charge in [-0.05, 0) is 19.8 Å². The summed E-state index contributed by atoms with van der Waals surface area (Å²) in [4.78, 5) is 2.40. The largest absolute Gasteiger partial charge is 0.365 e. The summed E-state index contributed by atoms with van der Waals surface area (Å²) in [5, 5.41) is 11.7. The lowest BCUT2D eigenvalue weighted by atomic mass is 9.96. The van der Waals surface area contributed by atoms with E-state index < -0.39 is 0 Å². The van der Waals surface area contributed by atoms with Gasteiger partial charge in [-0.2, -0.15) is 0 Å². The van der Waals surface area contributed by atoms with E-state index in [0.29, 0.717) is 5.15 Å². The predicted molar refractivity (Wildman–Crippen MR) is 60.5 cm³/mol. The Morgan fingerprint density at radius 3 is 3.27 bits per heavy atom. The van der Waals surface area contributed by atoms with Crippen LogP contribution in [-0.4, -0.2) is 28.8 Å². The molecule has 0 saturated carbocycles. The Morgan fingerprint density at radius 2 is 2.40 bits per heavy atom. The first kappa shape index (κ1) is 9.21. The number of aromatic nitrogens is 2. The van der Waals surface area contributed by atoms with Crippen molar-refractivity contribution in [3.05, 3.63) is 11.2 Å². The lowest BCUT2D eigenvalue weighted by Crippen LogP contribution is -2.50. The molecule has 1 atom stereocenters. The lowest BCUT2D eigenvalue weighted by molar-refractivity contribution is 0.482. The van der Waals surface area contributed by atoms with Gasteiger partial charge >= 0.3 is 0 Å². The van der Waals surface area contributed by atoms with E-state index in [0.717, 1.165) is 24.6 Å². The van der Waals surface area contributed by atoms with Crippen LogP contribution in [0.5, 0.6) is 0 Å². The van der Waals surface area contributed by atoms with E-state index in [2.05, 4.69) is 27.3 Å². The molecular weight excluding hydrogens is 212 g/mol. The van der Waals surface area contributed by atoms with Crippen molar-refractivity contribution in [3.63, 3.8) is 0 Å². The minimum absolute atomic E-state index is 0.222. The molecule has 2 aliphatic rings. The minimum Gasteiger partial charge on any atom is -0.365 e. The zero-order valence-electron chi connectivity index (χ0n) is 8.63. The first-order chi connectivity index (χ1) is 7.19. The molecule has 1 aromatic heterocycles. The van der Waals surface area contributed by atoms with Crippen LogP contribution in [0.4, 0.5) is 11.5 Å². The number of nitrogens with one attached hydrogen (secondary N) is 1. The zero-order valence-corrected chi connectivity index (χ0v) is 9.38. The molecule has 5 heteroatoms. The molecule has 0 aliphatic carbocycles. The smallest absolute Gasteiger partial charge is 0.172 e. The van der Waals surface area contributed by atoms with Crippen LogP contribution in [0.15, 0.2) is 6.07 Å². The minimum atomic E-state index is 0.222. The summed E-state index contributed by atoms with van der Waals surface area (Å²) in [5.41, 5.74) is 1.32. The molecule has 1 saturated heterocycles. The molecule has 2 aliphatic heterocycles. The van der Waals surface area contributed by atoms with Gasteiger partial charge in [0.1, 0.15) is 0 Å². The molecule has 80 valence electrons. The molecule has 3 heterocycles. The summed E-state index contributed by atoms with van der Waals surface area (Å²) >= 11 is 5.88. The summed E-state index contributed by atoms with van der Waals surface area (Å²) in [6.45, 7) is 4.31.